The summed E-state index contributed by atoms with van der Waals surface area (Å²) in [5.41, 5.74) is 1.78. The summed E-state index contributed by atoms with van der Waals surface area (Å²) in [6.07, 6.45) is -0.702. The molecule has 39 heavy (non-hydrogen) atoms. The Morgan fingerprint density at radius 1 is 1.18 bits per heavy atom. The number of hydrogen-bond acceptors (Lipinski definition) is 7. The minimum absolute atomic E-state index is 0.0329. The van der Waals surface area contributed by atoms with Crippen LogP contribution in [0.15, 0.2) is 30.5 Å². The summed E-state index contributed by atoms with van der Waals surface area (Å²) in [6.45, 7) is 3.49. The molecular weight excluding hydrogens is 533 g/mol. The number of benzene rings is 1. The van der Waals surface area contributed by atoms with Crippen LogP contribution in [0.3, 0.4) is 0 Å². The number of carbonyl (C=O) groups excluding carboxylic acids is 2. The molecule has 2 N–H and O–H groups in total. The number of ether oxygens (including phenoxy) is 2. The summed E-state index contributed by atoms with van der Waals surface area (Å²) in [4.78, 5) is 27.5. The van der Waals surface area contributed by atoms with E-state index in [1.807, 2.05) is 0 Å². The van der Waals surface area contributed by atoms with Gasteiger partial charge in [-0.25, -0.2) is 9.48 Å². The minimum atomic E-state index is -4.58. The fraction of sp³-hybridized carbons (Fsp3) is 0.444. The molecule has 2 atom stereocenters. The number of methoxy groups -OCH3 is 1. The topological polar surface area (TPSA) is 94.5 Å². The molecule has 1 aromatic carbocycles. The lowest BCUT2D eigenvalue weighted by Crippen LogP contribution is -2.36. The van der Waals surface area contributed by atoms with Crippen molar-refractivity contribution in [2.75, 3.05) is 17.7 Å². The van der Waals surface area contributed by atoms with E-state index in [1.54, 1.807) is 38.1 Å². The van der Waals surface area contributed by atoms with E-state index in [9.17, 15) is 22.8 Å². The summed E-state index contributed by atoms with van der Waals surface area (Å²) >= 11 is 1.31. The average molecular weight is 563 g/mol. The summed E-state index contributed by atoms with van der Waals surface area (Å²) in [6, 6.07) is 4.10. The van der Waals surface area contributed by atoms with Crippen LogP contribution >= 0.6 is 11.3 Å². The number of alkyl halides is 3. The molecule has 3 heterocycles. The van der Waals surface area contributed by atoms with E-state index in [0.29, 0.717) is 28.3 Å². The Morgan fingerprint density at radius 2 is 1.90 bits per heavy atom. The summed E-state index contributed by atoms with van der Waals surface area (Å²) in [5, 5.41) is 10.2. The van der Waals surface area contributed by atoms with E-state index in [2.05, 4.69) is 15.7 Å². The number of fused-ring (bicyclic) bond motifs is 2. The minimum Gasteiger partial charge on any atom is -0.497 e. The van der Waals surface area contributed by atoms with Crippen LogP contribution in [0.4, 0.5) is 24.0 Å². The van der Waals surface area contributed by atoms with Crippen molar-refractivity contribution < 1.29 is 32.2 Å². The molecule has 0 fully saturated rings. The second-order valence-corrected chi connectivity index (χ2v) is 11.0. The molecule has 3 aromatic rings. The van der Waals surface area contributed by atoms with Crippen LogP contribution in [-0.4, -0.2) is 41.0 Å². The van der Waals surface area contributed by atoms with E-state index >= 15 is 0 Å². The zero-order valence-electron chi connectivity index (χ0n) is 21.7. The first-order valence-corrected chi connectivity index (χ1v) is 13.6. The van der Waals surface area contributed by atoms with Crippen molar-refractivity contribution in [3.8, 4) is 5.75 Å². The lowest BCUT2D eigenvalue weighted by Gasteiger charge is -2.34. The third-order valence-electron chi connectivity index (χ3n) is 6.95. The molecule has 2 aliphatic rings. The van der Waals surface area contributed by atoms with Gasteiger partial charge in [-0.15, -0.1) is 11.3 Å². The zero-order chi connectivity index (χ0) is 27.9. The standard InChI is InChI=1S/C27H29F3N4O4S/c1-14(2)38-26(36)22-17-6-4-5-7-20(17)39-25(22)33-24(35)18-13-31-34-21(27(28,29)30)12-19(32-23(18)34)15-8-10-16(37-3)11-9-15/h8-11,13-14,19,21,32H,4-7,12H2,1-3H3,(H,33,35). The highest BCUT2D eigenvalue weighted by molar-refractivity contribution is 7.17. The van der Waals surface area contributed by atoms with Crippen LogP contribution in [0.2, 0.25) is 0 Å². The smallest absolute Gasteiger partial charge is 0.410 e. The number of thiophene rings is 1. The normalized spacial score (nSPS) is 18.6. The van der Waals surface area contributed by atoms with Gasteiger partial charge in [0.1, 0.15) is 22.1 Å². The maximum absolute atomic E-state index is 14.1. The third-order valence-corrected chi connectivity index (χ3v) is 8.15. The lowest BCUT2D eigenvalue weighted by molar-refractivity contribution is -0.173. The highest BCUT2D eigenvalue weighted by Gasteiger charge is 2.47. The van der Waals surface area contributed by atoms with Gasteiger partial charge in [-0.2, -0.15) is 18.3 Å². The molecule has 5 rings (SSSR count). The molecule has 0 bridgehead atoms. The van der Waals surface area contributed by atoms with Gasteiger partial charge in [0.25, 0.3) is 5.91 Å². The van der Waals surface area contributed by atoms with Crippen molar-refractivity contribution >= 4 is 34.0 Å². The number of halogens is 3. The van der Waals surface area contributed by atoms with E-state index in [-0.39, 0.29) is 23.9 Å². The molecule has 1 aliphatic carbocycles. The van der Waals surface area contributed by atoms with Crippen LogP contribution in [0.25, 0.3) is 0 Å². The van der Waals surface area contributed by atoms with Crippen LogP contribution in [0.1, 0.15) is 81.9 Å². The Labute approximate surface area is 227 Å². The second-order valence-electron chi connectivity index (χ2n) is 9.94. The highest BCUT2D eigenvalue weighted by Crippen LogP contribution is 2.45. The van der Waals surface area contributed by atoms with Gasteiger partial charge in [-0.3, -0.25) is 4.79 Å². The molecule has 0 saturated carbocycles. The summed E-state index contributed by atoms with van der Waals surface area (Å²) in [7, 11) is 1.51. The number of esters is 1. The first-order chi connectivity index (χ1) is 18.6. The van der Waals surface area contributed by atoms with E-state index in [4.69, 9.17) is 9.47 Å². The van der Waals surface area contributed by atoms with Gasteiger partial charge in [0, 0.05) is 11.3 Å². The molecule has 12 heteroatoms. The summed E-state index contributed by atoms with van der Waals surface area (Å²) < 4.78 is 53.7. The number of hydrogen-bond donors (Lipinski definition) is 2. The van der Waals surface area contributed by atoms with Gasteiger partial charge in [-0.1, -0.05) is 12.1 Å². The van der Waals surface area contributed by atoms with Gasteiger partial charge in [0.15, 0.2) is 6.04 Å². The first-order valence-electron chi connectivity index (χ1n) is 12.8. The second kappa shape index (κ2) is 10.6. The van der Waals surface area contributed by atoms with Gasteiger partial charge in [0.05, 0.1) is 31.0 Å². The number of carbonyl (C=O) groups is 2. The first kappa shape index (κ1) is 27.0. The molecular formula is C27H29F3N4O4S. The number of anilines is 2. The average Bonchev–Trinajstić information content (AvgIpc) is 3.48. The Bertz CT molecular complexity index is 1380. The number of nitrogens with one attached hydrogen (secondary N) is 2. The number of nitrogens with zero attached hydrogens (tertiary/aromatic N) is 2. The van der Waals surface area contributed by atoms with Crippen LogP contribution in [0.5, 0.6) is 5.75 Å². The maximum Gasteiger partial charge on any atom is 0.410 e. The molecule has 0 saturated heterocycles. The SMILES string of the molecule is COc1ccc(C2CC(C(F)(F)F)n3ncc(C(=O)Nc4sc5c(c4C(=O)OC(C)C)CCCC5)c3N2)cc1. The van der Waals surface area contributed by atoms with Gasteiger partial charge >= 0.3 is 12.1 Å². The molecule has 8 nitrogen and oxygen atoms in total. The van der Waals surface area contributed by atoms with Crippen LogP contribution in [-0.2, 0) is 17.6 Å². The highest BCUT2D eigenvalue weighted by atomic mass is 32.1. The number of amides is 1. The van der Waals surface area contributed by atoms with Gasteiger partial charge < -0.3 is 20.1 Å². The van der Waals surface area contributed by atoms with Crippen LogP contribution < -0.4 is 15.4 Å². The van der Waals surface area contributed by atoms with Gasteiger partial charge in [-0.05, 0) is 62.8 Å². The van der Waals surface area contributed by atoms with Crippen molar-refractivity contribution in [1.82, 2.24) is 9.78 Å². The summed E-state index contributed by atoms with van der Waals surface area (Å²) in [5.74, 6) is -0.629. The number of rotatable bonds is 6. The molecule has 0 spiro atoms. The monoisotopic (exact) mass is 562 g/mol. The van der Waals surface area contributed by atoms with Crippen LogP contribution in [0, 0.1) is 0 Å². The van der Waals surface area contributed by atoms with Crippen molar-refractivity contribution in [3.05, 3.63) is 57.6 Å². The number of aromatic nitrogens is 2. The van der Waals surface area contributed by atoms with Crippen molar-refractivity contribution in [2.24, 2.45) is 0 Å². The molecule has 2 unspecified atom stereocenters. The quantitative estimate of drug-likeness (QED) is 0.342. The molecule has 1 aliphatic heterocycles. The van der Waals surface area contributed by atoms with Crippen molar-refractivity contribution in [1.29, 1.82) is 0 Å². The fourth-order valence-corrected chi connectivity index (χ4v) is 6.37. The Hall–Kier alpha value is -3.54. The van der Waals surface area contributed by atoms with Gasteiger partial charge in [0.2, 0.25) is 0 Å². The van der Waals surface area contributed by atoms with Crippen molar-refractivity contribution in [2.45, 2.75) is 70.3 Å². The largest absolute Gasteiger partial charge is 0.497 e. The van der Waals surface area contributed by atoms with E-state index < -0.39 is 30.1 Å². The van der Waals surface area contributed by atoms with E-state index in [1.165, 1.54) is 18.4 Å². The lowest BCUT2D eigenvalue weighted by atomic mass is 9.95. The maximum atomic E-state index is 14.1. The predicted molar refractivity (Wildman–Crippen MR) is 141 cm³/mol. The zero-order valence-corrected chi connectivity index (χ0v) is 22.5. The number of aryl methyl sites for hydroxylation is 1. The van der Waals surface area contributed by atoms with E-state index in [0.717, 1.165) is 40.6 Å². The third kappa shape index (κ3) is 5.34. The molecule has 1 amide bonds. The molecule has 208 valence electrons. The fourth-order valence-electron chi connectivity index (χ4n) is 5.10. The molecule has 0 radical (unpaired) electrons. The Morgan fingerprint density at radius 3 is 2.56 bits per heavy atom. The predicted octanol–water partition coefficient (Wildman–Crippen LogP) is 6.31. The Balaban J connectivity index is 1.48. The molecule has 2 aromatic heterocycles. The van der Waals surface area contributed by atoms with Crippen molar-refractivity contribution in [3.63, 3.8) is 0 Å². The Kier molecular flexibility index (Phi) is 7.32.